The first kappa shape index (κ1) is 13.7. The zero-order valence-corrected chi connectivity index (χ0v) is 12.4. The Bertz CT molecular complexity index is 525. The van der Waals surface area contributed by atoms with E-state index in [1.54, 1.807) is 18.2 Å². The van der Waals surface area contributed by atoms with E-state index in [0.717, 1.165) is 36.6 Å². The predicted molar refractivity (Wildman–Crippen MR) is 78.0 cm³/mol. The van der Waals surface area contributed by atoms with Gasteiger partial charge in [0.2, 0.25) is 10.0 Å². The number of benzene rings is 1. The molecule has 0 saturated heterocycles. The Hall–Kier alpha value is -0.750. The van der Waals surface area contributed by atoms with E-state index in [2.05, 4.69) is 20.7 Å². The number of rotatable bonds is 3. The molecule has 0 bridgehead atoms. The van der Waals surface area contributed by atoms with Gasteiger partial charge in [0.15, 0.2) is 0 Å². The van der Waals surface area contributed by atoms with Crippen LogP contribution in [0.3, 0.4) is 0 Å². The summed E-state index contributed by atoms with van der Waals surface area (Å²) in [5, 5.41) is -0.283. The van der Waals surface area contributed by atoms with Crippen LogP contribution in [-0.4, -0.2) is 13.7 Å². The second-order valence-electron chi connectivity index (χ2n) is 4.64. The highest BCUT2D eigenvalue weighted by Gasteiger charge is 2.27. The molecule has 0 aliphatic heterocycles. The lowest BCUT2D eigenvalue weighted by molar-refractivity contribution is 0.486. The molecule has 1 fully saturated rings. The topological polar surface area (TPSA) is 72.2 Å². The van der Waals surface area contributed by atoms with Crippen molar-refractivity contribution in [3.63, 3.8) is 0 Å². The SMILES string of the molecule is Nc1cc(Br)ccc1NS(=O)(=O)C1CCCCC1. The number of nitrogens with one attached hydrogen (secondary N) is 1. The van der Waals surface area contributed by atoms with Crippen molar-refractivity contribution < 1.29 is 8.42 Å². The van der Waals surface area contributed by atoms with Gasteiger partial charge in [0, 0.05) is 4.47 Å². The lowest BCUT2D eigenvalue weighted by atomic mass is 10.0. The third-order valence-corrected chi connectivity index (χ3v) is 5.60. The molecule has 18 heavy (non-hydrogen) atoms. The fraction of sp³-hybridized carbons (Fsp3) is 0.500. The third-order valence-electron chi connectivity index (χ3n) is 3.26. The van der Waals surface area contributed by atoms with Crippen molar-refractivity contribution in [3.05, 3.63) is 22.7 Å². The first-order valence-corrected chi connectivity index (χ1v) is 8.39. The minimum absolute atomic E-state index is 0.283. The Kier molecular flexibility index (Phi) is 4.17. The monoisotopic (exact) mass is 332 g/mol. The van der Waals surface area contributed by atoms with Crippen LogP contribution in [0.25, 0.3) is 0 Å². The molecule has 2 rings (SSSR count). The standard InChI is InChI=1S/C12H17BrN2O2S/c13-9-6-7-12(11(14)8-9)15-18(16,17)10-4-2-1-3-5-10/h6-8,10,15H,1-5,14H2. The van der Waals surface area contributed by atoms with Gasteiger partial charge in [-0.25, -0.2) is 8.42 Å². The Morgan fingerprint density at radius 3 is 2.50 bits per heavy atom. The number of hydrogen-bond donors (Lipinski definition) is 2. The molecule has 1 aromatic rings. The van der Waals surface area contributed by atoms with Gasteiger partial charge in [-0.05, 0) is 31.0 Å². The first-order valence-electron chi connectivity index (χ1n) is 6.06. The van der Waals surface area contributed by atoms with Crippen molar-refractivity contribution >= 4 is 37.3 Å². The Morgan fingerprint density at radius 2 is 1.89 bits per heavy atom. The molecule has 0 atom stereocenters. The molecular weight excluding hydrogens is 316 g/mol. The molecule has 1 saturated carbocycles. The van der Waals surface area contributed by atoms with E-state index in [9.17, 15) is 8.42 Å². The molecule has 0 unspecified atom stereocenters. The van der Waals surface area contributed by atoms with Crippen molar-refractivity contribution in [1.29, 1.82) is 0 Å². The van der Waals surface area contributed by atoms with Gasteiger partial charge in [-0.1, -0.05) is 35.2 Å². The van der Waals surface area contributed by atoms with Crippen LogP contribution >= 0.6 is 15.9 Å². The number of sulfonamides is 1. The Labute approximate surface area is 116 Å². The van der Waals surface area contributed by atoms with E-state index in [1.807, 2.05) is 0 Å². The minimum atomic E-state index is -3.32. The summed E-state index contributed by atoms with van der Waals surface area (Å²) < 4.78 is 27.9. The fourth-order valence-corrected chi connectivity index (χ4v) is 4.23. The summed E-state index contributed by atoms with van der Waals surface area (Å²) in [5.74, 6) is 0. The highest BCUT2D eigenvalue weighted by molar-refractivity contribution is 9.10. The number of nitrogen functional groups attached to an aromatic ring is 1. The minimum Gasteiger partial charge on any atom is -0.397 e. The van der Waals surface area contributed by atoms with Crippen molar-refractivity contribution in [2.75, 3.05) is 10.5 Å². The zero-order valence-electron chi connectivity index (χ0n) is 10.0. The van der Waals surface area contributed by atoms with Gasteiger partial charge in [-0.15, -0.1) is 0 Å². The number of anilines is 2. The summed E-state index contributed by atoms with van der Waals surface area (Å²) in [4.78, 5) is 0. The van der Waals surface area contributed by atoms with Crippen molar-refractivity contribution in [2.24, 2.45) is 0 Å². The average Bonchev–Trinajstić information content (AvgIpc) is 2.34. The molecule has 1 aliphatic rings. The summed E-state index contributed by atoms with van der Waals surface area (Å²) in [6.07, 6.45) is 4.59. The summed E-state index contributed by atoms with van der Waals surface area (Å²) in [6, 6.07) is 5.15. The molecule has 1 aromatic carbocycles. The second kappa shape index (κ2) is 5.48. The Morgan fingerprint density at radius 1 is 1.22 bits per heavy atom. The van der Waals surface area contributed by atoms with Crippen LogP contribution in [0.2, 0.25) is 0 Å². The zero-order chi connectivity index (χ0) is 13.2. The van der Waals surface area contributed by atoms with Crippen LogP contribution < -0.4 is 10.5 Å². The molecule has 1 aliphatic carbocycles. The number of nitrogens with two attached hydrogens (primary N) is 1. The van der Waals surface area contributed by atoms with E-state index in [4.69, 9.17) is 5.73 Å². The van der Waals surface area contributed by atoms with Gasteiger partial charge < -0.3 is 5.73 Å². The molecule has 100 valence electrons. The molecule has 0 amide bonds. The van der Waals surface area contributed by atoms with Crippen LogP contribution in [0.4, 0.5) is 11.4 Å². The van der Waals surface area contributed by atoms with E-state index in [0.29, 0.717) is 11.4 Å². The van der Waals surface area contributed by atoms with Crippen LogP contribution in [0.1, 0.15) is 32.1 Å². The summed E-state index contributed by atoms with van der Waals surface area (Å²) >= 11 is 3.30. The third kappa shape index (κ3) is 3.17. The van der Waals surface area contributed by atoms with Gasteiger partial charge in [0.1, 0.15) is 0 Å². The van der Waals surface area contributed by atoms with Crippen molar-refractivity contribution in [1.82, 2.24) is 0 Å². The maximum atomic E-state index is 12.2. The van der Waals surface area contributed by atoms with Crippen molar-refractivity contribution in [3.8, 4) is 0 Å². The first-order chi connectivity index (χ1) is 8.49. The van der Waals surface area contributed by atoms with Crippen LogP contribution in [0.5, 0.6) is 0 Å². The molecule has 6 heteroatoms. The van der Waals surface area contributed by atoms with E-state index >= 15 is 0 Å². The average molecular weight is 333 g/mol. The van der Waals surface area contributed by atoms with Crippen LogP contribution in [0, 0.1) is 0 Å². The normalized spacial score (nSPS) is 17.6. The molecule has 4 nitrogen and oxygen atoms in total. The number of halogens is 1. The highest BCUT2D eigenvalue weighted by Crippen LogP contribution is 2.28. The summed E-state index contributed by atoms with van der Waals surface area (Å²) in [6.45, 7) is 0. The smallest absolute Gasteiger partial charge is 0.235 e. The molecular formula is C12H17BrN2O2S. The fourth-order valence-electron chi connectivity index (χ4n) is 2.24. The predicted octanol–water partition coefficient (Wildman–Crippen LogP) is 3.11. The van der Waals surface area contributed by atoms with Crippen LogP contribution in [-0.2, 0) is 10.0 Å². The van der Waals surface area contributed by atoms with Crippen LogP contribution in [0.15, 0.2) is 22.7 Å². The largest absolute Gasteiger partial charge is 0.397 e. The maximum absolute atomic E-state index is 12.2. The molecule has 0 aromatic heterocycles. The summed E-state index contributed by atoms with van der Waals surface area (Å²) in [5.41, 5.74) is 6.70. The van der Waals surface area contributed by atoms with Gasteiger partial charge >= 0.3 is 0 Å². The molecule has 0 radical (unpaired) electrons. The highest BCUT2D eigenvalue weighted by atomic mass is 79.9. The molecule has 0 heterocycles. The lowest BCUT2D eigenvalue weighted by Gasteiger charge is -2.22. The lowest BCUT2D eigenvalue weighted by Crippen LogP contribution is -2.29. The van der Waals surface area contributed by atoms with Gasteiger partial charge in [0.25, 0.3) is 0 Å². The number of hydrogen-bond acceptors (Lipinski definition) is 3. The van der Waals surface area contributed by atoms with E-state index < -0.39 is 10.0 Å². The quantitative estimate of drug-likeness (QED) is 0.835. The second-order valence-corrected chi connectivity index (χ2v) is 7.52. The van der Waals surface area contributed by atoms with E-state index in [1.165, 1.54) is 0 Å². The maximum Gasteiger partial charge on any atom is 0.235 e. The summed E-state index contributed by atoms with van der Waals surface area (Å²) in [7, 11) is -3.32. The van der Waals surface area contributed by atoms with Gasteiger partial charge in [-0.2, -0.15) is 0 Å². The molecule has 3 N–H and O–H groups in total. The van der Waals surface area contributed by atoms with Gasteiger partial charge in [-0.3, -0.25) is 4.72 Å². The molecule has 0 spiro atoms. The Balaban J connectivity index is 2.16. The van der Waals surface area contributed by atoms with E-state index in [-0.39, 0.29) is 5.25 Å². The van der Waals surface area contributed by atoms with Crippen molar-refractivity contribution in [2.45, 2.75) is 37.4 Å². The van der Waals surface area contributed by atoms with Gasteiger partial charge in [0.05, 0.1) is 16.6 Å².